The van der Waals surface area contributed by atoms with Gasteiger partial charge < -0.3 is 5.32 Å². The molecule has 0 fully saturated rings. The van der Waals surface area contributed by atoms with Crippen molar-refractivity contribution in [2.24, 2.45) is 7.05 Å². The smallest absolute Gasteiger partial charge is 0.0739 e. The van der Waals surface area contributed by atoms with Crippen molar-refractivity contribution in [3.8, 4) is 12.3 Å². The van der Waals surface area contributed by atoms with Crippen LogP contribution in [0.5, 0.6) is 0 Å². The van der Waals surface area contributed by atoms with Gasteiger partial charge in [0.1, 0.15) is 0 Å². The molecule has 1 heterocycles. The molecule has 0 amide bonds. The molecular formula is C12H18BrN3. The van der Waals surface area contributed by atoms with E-state index in [2.05, 4.69) is 32.3 Å². The summed E-state index contributed by atoms with van der Waals surface area (Å²) in [5.41, 5.74) is 2.22. The molecule has 4 heteroatoms. The fourth-order valence-electron chi connectivity index (χ4n) is 1.56. The minimum atomic E-state index is 0.841. The van der Waals surface area contributed by atoms with Gasteiger partial charge in [-0.2, -0.15) is 5.10 Å². The number of halogens is 1. The second-order valence-corrected chi connectivity index (χ2v) is 4.60. The number of hydrogen-bond donors (Lipinski definition) is 1. The highest BCUT2D eigenvalue weighted by Crippen LogP contribution is 2.19. The van der Waals surface area contributed by atoms with Crippen molar-refractivity contribution in [2.75, 3.05) is 6.54 Å². The SMILES string of the molecule is C#CCCCCNCc1c(Br)c(C)nn1C. The monoisotopic (exact) mass is 283 g/mol. The molecule has 0 aliphatic carbocycles. The van der Waals surface area contributed by atoms with Crippen LogP contribution in [-0.4, -0.2) is 16.3 Å². The minimum absolute atomic E-state index is 0.841. The summed E-state index contributed by atoms with van der Waals surface area (Å²) in [6.45, 7) is 3.84. The standard InChI is InChI=1S/C12H18BrN3/c1-4-5-6-7-8-14-9-11-12(13)10(2)15-16(11)3/h1,14H,5-9H2,2-3H3. The molecule has 0 bridgehead atoms. The zero-order valence-corrected chi connectivity index (χ0v) is 11.5. The Morgan fingerprint density at radius 2 is 2.25 bits per heavy atom. The Balaban J connectivity index is 2.30. The molecule has 1 aromatic heterocycles. The summed E-state index contributed by atoms with van der Waals surface area (Å²) in [7, 11) is 1.97. The highest BCUT2D eigenvalue weighted by Gasteiger charge is 2.09. The molecule has 1 aromatic rings. The van der Waals surface area contributed by atoms with Gasteiger partial charge in [0.2, 0.25) is 0 Å². The number of unbranched alkanes of at least 4 members (excludes halogenated alkanes) is 2. The molecule has 0 spiro atoms. The van der Waals surface area contributed by atoms with Crippen LogP contribution in [0, 0.1) is 19.3 Å². The molecule has 0 saturated carbocycles. The lowest BCUT2D eigenvalue weighted by atomic mass is 10.2. The zero-order valence-electron chi connectivity index (χ0n) is 9.89. The van der Waals surface area contributed by atoms with Crippen molar-refractivity contribution in [1.29, 1.82) is 0 Å². The van der Waals surface area contributed by atoms with Crippen molar-refractivity contribution in [2.45, 2.75) is 32.7 Å². The maximum absolute atomic E-state index is 5.19. The zero-order chi connectivity index (χ0) is 12.0. The van der Waals surface area contributed by atoms with Crippen LogP contribution in [0.25, 0.3) is 0 Å². The van der Waals surface area contributed by atoms with E-state index in [1.807, 2.05) is 18.7 Å². The molecule has 0 aliphatic heterocycles. The lowest BCUT2D eigenvalue weighted by Gasteiger charge is -2.05. The van der Waals surface area contributed by atoms with E-state index in [4.69, 9.17) is 6.42 Å². The number of aromatic nitrogens is 2. The third kappa shape index (κ3) is 3.66. The first-order valence-corrected chi connectivity index (χ1v) is 6.28. The van der Waals surface area contributed by atoms with E-state index < -0.39 is 0 Å². The number of nitrogens with one attached hydrogen (secondary N) is 1. The van der Waals surface area contributed by atoms with Gasteiger partial charge in [-0.3, -0.25) is 4.68 Å². The highest BCUT2D eigenvalue weighted by molar-refractivity contribution is 9.10. The topological polar surface area (TPSA) is 29.9 Å². The quantitative estimate of drug-likeness (QED) is 0.642. The Morgan fingerprint density at radius 3 is 2.81 bits per heavy atom. The summed E-state index contributed by atoms with van der Waals surface area (Å²) in [5.74, 6) is 2.65. The summed E-state index contributed by atoms with van der Waals surface area (Å²) in [6.07, 6.45) is 8.28. The molecule has 0 radical (unpaired) electrons. The first kappa shape index (κ1) is 13.3. The molecule has 0 aliphatic rings. The average Bonchev–Trinajstić information content (AvgIpc) is 2.49. The van der Waals surface area contributed by atoms with Gasteiger partial charge in [0.05, 0.1) is 15.9 Å². The van der Waals surface area contributed by atoms with Crippen molar-refractivity contribution in [1.82, 2.24) is 15.1 Å². The van der Waals surface area contributed by atoms with Crippen molar-refractivity contribution in [3.05, 3.63) is 15.9 Å². The maximum Gasteiger partial charge on any atom is 0.0739 e. The molecule has 0 unspecified atom stereocenters. The molecule has 1 N–H and O–H groups in total. The molecule has 1 rings (SSSR count). The lowest BCUT2D eigenvalue weighted by Crippen LogP contribution is -2.17. The second-order valence-electron chi connectivity index (χ2n) is 3.81. The summed E-state index contributed by atoms with van der Waals surface area (Å²) < 4.78 is 3.01. The van der Waals surface area contributed by atoms with E-state index in [1.165, 1.54) is 5.69 Å². The van der Waals surface area contributed by atoms with Crippen LogP contribution in [0.15, 0.2) is 4.47 Å². The van der Waals surface area contributed by atoms with Crippen LogP contribution >= 0.6 is 15.9 Å². The third-order valence-electron chi connectivity index (χ3n) is 2.48. The minimum Gasteiger partial charge on any atom is -0.311 e. The van der Waals surface area contributed by atoms with Gasteiger partial charge in [-0.25, -0.2) is 0 Å². The largest absolute Gasteiger partial charge is 0.311 e. The van der Waals surface area contributed by atoms with Crippen LogP contribution < -0.4 is 5.32 Å². The fraction of sp³-hybridized carbons (Fsp3) is 0.583. The van der Waals surface area contributed by atoms with Gasteiger partial charge in [0.15, 0.2) is 0 Å². The van der Waals surface area contributed by atoms with E-state index in [0.717, 1.165) is 42.5 Å². The van der Waals surface area contributed by atoms with Gasteiger partial charge in [0.25, 0.3) is 0 Å². The number of hydrogen-bond acceptors (Lipinski definition) is 2. The number of nitrogens with zero attached hydrogens (tertiary/aromatic N) is 2. The molecular weight excluding hydrogens is 266 g/mol. The Labute approximate surface area is 106 Å². The first-order valence-electron chi connectivity index (χ1n) is 5.49. The summed E-state index contributed by atoms with van der Waals surface area (Å²) in [5, 5.41) is 7.74. The van der Waals surface area contributed by atoms with Crippen LogP contribution in [0.3, 0.4) is 0 Å². The maximum atomic E-state index is 5.19. The lowest BCUT2D eigenvalue weighted by molar-refractivity contribution is 0.594. The Hall–Kier alpha value is -0.790. The third-order valence-corrected chi connectivity index (χ3v) is 3.51. The van der Waals surface area contributed by atoms with Crippen molar-refractivity contribution < 1.29 is 0 Å². The predicted molar refractivity (Wildman–Crippen MR) is 70.0 cm³/mol. The van der Waals surface area contributed by atoms with Crippen LogP contribution in [0.4, 0.5) is 0 Å². The molecule has 0 aromatic carbocycles. The van der Waals surface area contributed by atoms with Crippen LogP contribution in [-0.2, 0) is 13.6 Å². The summed E-state index contributed by atoms with van der Waals surface area (Å²) in [4.78, 5) is 0. The van der Waals surface area contributed by atoms with Crippen molar-refractivity contribution in [3.63, 3.8) is 0 Å². The van der Waals surface area contributed by atoms with Gasteiger partial charge in [-0.1, -0.05) is 0 Å². The van der Waals surface area contributed by atoms with E-state index in [-0.39, 0.29) is 0 Å². The summed E-state index contributed by atoms with van der Waals surface area (Å²) in [6, 6.07) is 0. The van der Waals surface area contributed by atoms with Crippen LogP contribution in [0.1, 0.15) is 30.7 Å². The van der Waals surface area contributed by atoms with Gasteiger partial charge in [-0.05, 0) is 42.2 Å². The van der Waals surface area contributed by atoms with E-state index in [9.17, 15) is 0 Å². The molecule has 3 nitrogen and oxygen atoms in total. The number of aryl methyl sites for hydroxylation is 2. The highest BCUT2D eigenvalue weighted by atomic mass is 79.9. The van der Waals surface area contributed by atoms with Crippen LogP contribution in [0.2, 0.25) is 0 Å². The van der Waals surface area contributed by atoms with Crippen molar-refractivity contribution >= 4 is 15.9 Å². The normalized spacial score (nSPS) is 10.4. The molecule has 0 saturated heterocycles. The predicted octanol–water partition coefficient (Wildman–Crippen LogP) is 2.38. The van der Waals surface area contributed by atoms with E-state index >= 15 is 0 Å². The Kier molecular flexibility index (Phi) is 5.58. The average molecular weight is 284 g/mol. The Morgan fingerprint density at radius 1 is 1.50 bits per heavy atom. The second kappa shape index (κ2) is 6.72. The van der Waals surface area contributed by atoms with E-state index in [0.29, 0.717) is 0 Å². The molecule has 0 atom stereocenters. The van der Waals surface area contributed by atoms with Gasteiger partial charge in [0, 0.05) is 20.0 Å². The summed E-state index contributed by atoms with van der Waals surface area (Å²) >= 11 is 3.55. The Bertz CT molecular complexity index is 376. The van der Waals surface area contributed by atoms with Gasteiger partial charge >= 0.3 is 0 Å². The number of terminal acetylenes is 1. The fourth-order valence-corrected chi connectivity index (χ4v) is 2.03. The van der Waals surface area contributed by atoms with Gasteiger partial charge in [-0.15, -0.1) is 12.3 Å². The molecule has 88 valence electrons. The molecule has 16 heavy (non-hydrogen) atoms. The first-order chi connectivity index (χ1) is 7.66. The van der Waals surface area contributed by atoms with E-state index in [1.54, 1.807) is 0 Å². The number of rotatable bonds is 6.